The maximum Gasteiger partial charge on any atom is 0.259 e. The van der Waals surface area contributed by atoms with Gasteiger partial charge < -0.3 is 18.6 Å². The minimum absolute atomic E-state index is 0.429. The molecule has 30 heavy (non-hydrogen) atoms. The Balaban J connectivity index is 1.53. The summed E-state index contributed by atoms with van der Waals surface area (Å²) in [6.07, 6.45) is 6.14. The molecule has 1 fully saturated rings. The summed E-state index contributed by atoms with van der Waals surface area (Å²) in [5.41, 5.74) is 5.47. The number of nitrogens with zero attached hydrogens (tertiary/aromatic N) is 6. The molecular weight excluding hydrogens is 384 g/mol. The van der Waals surface area contributed by atoms with Crippen molar-refractivity contribution < 1.29 is 14.0 Å². The van der Waals surface area contributed by atoms with E-state index in [9.17, 15) is 0 Å². The van der Waals surface area contributed by atoms with Gasteiger partial charge in [0.1, 0.15) is 23.4 Å². The highest BCUT2D eigenvalue weighted by Crippen LogP contribution is 2.48. The second kappa shape index (κ2) is 6.02. The maximum absolute atomic E-state index is 5.57. The van der Waals surface area contributed by atoms with Crippen LogP contribution >= 0.6 is 0 Å². The molecule has 4 heterocycles. The average Bonchev–Trinajstić information content (AvgIpc) is 3.07. The highest BCUT2D eigenvalue weighted by molar-refractivity contribution is 5.77. The molecule has 3 aromatic heterocycles. The molecule has 0 spiro atoms. The molecule has 1 aliphatic heterocycles. The Hall–Kier alpha value is -3.46. The van der Waals surface area contributed by atoms with Gasteiger partial charge in [0, 0.05) is 31.7 Å². The predicted octanol–water partition coefficient (Wildman–Crippen LogP) is 2.87. The first kappa shape index (κ1) is 17.4. The van der Waals surface area contributed by atoms with Gasteiger partial charge in [-0.05, 0) is 31.0 Å². The van der Waals surface area contributed by atoms with Crippen LogP contribution in [0.1, 0.15) is 30.0 Å². The smallest absolute Gasteiger partial charge is 0.259 e. The van der Waals surface area contributed by atoms with Crippen molar-refractivity contribution in [1.82, 2.24) is 29.5 Å². The largest absolute Gasteiger partial charge is 0.497 e. The molecule has 9 nitrogen and oxygen atoms in total. The fourth-order valence-corrected chi connectivity index (χ4v) is 4.24. The van der Waals surface area contributed by atoms with Crippen molar-refractivity contribution in [3.8, 4) is 34.2 Å². The number of hydrogen-bond acceptors (Lipinski definition) is 7. The fourth-order valence-electron chi connectivity index (χ4n) is 4.24. The molecule has 2 aliphatic rings. The lowest BCUT2D eigenvalue weighted by molar-refractivity contribution is 0.0492. The van der Waals surface area contributed by atoms with Crippen LogP contribution in [0, 0.1) is 0 Å². The molecule has 6 rings (SSSR count). The topological polar surface area (TPSA) is 93.0 Å². The Labute approximate surface area is 172 Å². The summed E-state index contributed by atoms with van der Waals surface area (Å²) in [5, 5.41) is 8.70. The van der Waals surface area contributed by atoms with Crippen molar-refractivity contribution >= 4 is 0 Å². The molecular formula is C21H20N6O3. The van der Waals surface area contributed by atoms with Crippen LogP contribution < -0.4 is 4.74 Å². The first-order valence-electron chi connectivity index (χ1n) is 9.79. The molecule has 1 aliphatic carbocycles. The van der Waals surface area contributed by atoms with E-state index >= 15 is 0 Å². The lowest BCUT2D eigenvalue weighted by atomic mass is 10.0. The lowest BCUT2D eigenvalue weighted by Crippen LogP contribution is -2.09. The summed E-state index contributed by atoms with van der Waals surface area (Å²) < 4.78 is 20.6. The number of imidazole rings is 1. The number of fused-ring (bicyclic) bond motifs is 5. The zero-order valence-electron chi connectivity index (χ0n) is 16.9. The van der Waals surface area contributed by atoms with E-state index in [1.807, 2.05) is 42.5 Å². The molecule has 1 saturated carbocycles. The van der Waals surface area contributed by atoms with Crippen LogP contribution in [0.2, 0.25) is 0 Å². The summed E-state index contributed by atoms with van der Waals surface area (Å²) in [6, 6.07) is 6.02. The molecule has 0 amide bonds. The second-order valence-corrected chi connectivity index (χ2v) is 7.73. The van der Waals surface area contributed by atoms with Gasteiger partial charge in [-0.2, -0.15) is 10.1 Å². The maximum atomic E-state index is 5.57. The highest BCUT2D eigenvalue weighted by Gasteiger charge is 2.50. The van der Waals surface area contributed by atoms with Gasteiger partial charge in [0.25, 0.3) is 5.89 Å². The average molecular weight is 404 g/mol. The normalized spacial score (nSPS) is 15.8. The number of methoxy groups -OCH3 is 2. The second-order valence-electron chi connectivity index (χ2n) is 7.73. The Kier molecular flexibility index (Phi) is 3.49. The van der Waals surface area contributed by atoms with Gasteiger partial charge >= 0.3 is 0 Å². The van der Waals surface area contributed by atoms with Crippen LogP contribution in [-0.4, -0.2) is 43.7 Å². The van der Waals surface area contributed by atoms with E-state index in [0.29, 0.717) is 23.8 Å². The number of ether oxygens (including phenoxy) is 2. The summed E-state index contributed by atoms with van der Waals surface area (Å²) >= 11 is 0. The van der Waals surface area contributed by atoms with Crippen LogP contribution in [0.25, 0.3) is 28.5 Å². The Morgan fingerprint density at radius 3 is 2.83 bits per heavy atom. The quantitative estimate of drug-likeness (QED) is 0.455. The van der Waals surface area contributed by atoms with Crippen molar-refractivity contribution in [2.45, 2.75) is 24.9 Å². The number of hydrogen-bond donors (Lipinski definition) is 0. The van der Waals surface area contributed by atoms with E-state index in [1.54, 1.807) is 14.2 Å². The zero-order chi connectivity index (χ0) is 20.5. The zero-order valence-corrected chi connectivity index (χ0v) is 16.9. The van der Waals surface area contributed by atoms with E-state index in [-0.39, 0.29) is 0 Å². The van der Waals surface area contributed by atoms with E-state index in [0.717, 1.165) is 46.8 Å². The van der Waals surface area contributed by atoms with Crippen molar-refractivity contribution in [1.29, 1.82) is 0 Å². The van der Waals surface area contributed by atoms with Gasteiger partial charge in [-0.15, -0.1) is 0 Å². The van der Waals surface area contributed by atoms with Gasteiger partial charge in [-0.3, -0.25) is 4.68 Å². The Morgan fingerprint density at radius 1 is 1.20 bits per heavy atom. The van der Waals surface area contributed by atoms with Gasteiger partial charge in [-0.1, -0.05) is 5.16 Å². The number of benzene rings is 1. The van der Waals surface area contributed by atoms with Crippen molar-refractivity contribution in [3.05, 3.63) is 47.9 Å². The number of rotatable bonds is 4. The van der Waals surface area contributed by atoms with Gasteiger partial charge in [0.15, 0.2) is 0 Å². The Morgan fingerprint density at radius 2 is 2.07 bits per heavy atom. The van der Waals surface area contributed by atoms with Crippen molar-refractivity contribution in [2.75, 3.05) is 14.2 Å². The Bertz CT molecular complexity index is 1280. The third kappa shape index (κ3) is 2.32. The predicted molar refractivity (Wildman–Crippen MR) is 106 cm³/mol. The van der Waals surface area contributed by atoms with Crippen LogP contribution in [0.3, 0.4) is 0 Å². The van der Waals surface area contributed by atoms with Gasteiger partial charge in [0.2, 0.25) is 5.82 Å². The molecule has 4 aromatic rings. The molecule has 0 radical (unpaired) electrons. The number of aryl methyl sites for hydroxylation is 1. The van der Waals surface area contributed by atoms with E-state index < -0.39 is 5.60 Å². The monoisotopic (exact) mass is 404 g/mol. The first-order valence-corrected chi connectivity index (χ1v) is 9.79. The molecule has 0 saturated heterocycles. The van der Waals surface area contributed by atoms with E-state index in [2.05, 4.69) is 24.8 Å². The summed E-state index contributed by atoms with van der Waals surface area (Å²) in [4.78, 5) is 9.27. The number of aromatic nitrogens is 6. The van der Waals surface area contributed by atoms with Crippen molar-refractivity contribution in [2.24, 2.45) is 7.05 Å². The molecule has 9 heteroatoms. The minimum Gasteiger partial charge on any atom is -0.497 e. The molecule has 0 N–H and O–H groups in total. The lowest BCUT2D eigenvalue weighted by Gasteiger charge is -2.12. The highest BCUT2D eigenvalue weighted by atomic mass is 16.5. The van der Waals surface area contributed by atoms with Crippen LogP contribution in [0.5, 0.6) is 5.75 Å². The molecule has 0 unspecified atom stereocenters. The fraction of sp³-hybridized carbons (Fsp3) is 0.333. The van der Waals surface area contributed by atoms with E-state index in [1.165, 1.54) is 0 Å². The summed E-state index contributed by atoms with van der Waals surface area (Å²) in [6.45, 7) is 0. The molecule has 152 valence electrons. The third-order valence-electron chi connectivity index (χ3n) is 6.08. The molecule has 0 atom stereocenters. The summed E-state index contributed by atoms with van der Waals surface area (Å²) in [5.74, 6) is 1.79. The van der Waals surface area contributed by atoms with Crippen molar-refractivity contribution in [3.63, 3.8) is 0 Å². The van der Waals surface area contributed by atoms with Crippen LogP contribution in [0.15, 0.2) is 35.2 Å². The molecule has 1 aromatic carbocycles. The minimum atomic E-state index is -0.429. The van der Waals surface area contributed by atoms with Crippen LogP contribution in [0.4, 0.5) is 0 Å². The first-order chi connectivity index (χ1) is 14.6. The van der Waals surface area contributed by atoms with Crippen LogP contribution in [-0.2, 0) is 23.8 Å². The van der Waals surface area contributed by atoms with Gasteiger partial charge in [0.05, 0.1) is 30.4 Å². The standard InChI is InChI=1S/C21H20N6O3/c1-26-18-12(10-23-26)8-16-17(19-24-20(30-25-19)21(29-3)6-7-21)22-11-27(16)15-5-4-13(28-2)9-14(15)18/h4-5,9-11H,6-8H2,1-3H3. The van der Waals surface area contributed by atoms with E-state index in [4.69, 9.17) is 14.0 Å². The summed E-state index contributed by atoms with van der Waals surface area (Å²) in [7, 11) is 5.30. The van der Waals surface area contributed by atoms with Gasteiger partial charge in [-0.25, -0.2) is 4.98 Å². The SMILES string of the molecule is COc1ccc2c(c1)-c1c(cnn1C)Cc1c(-c3noc(C4(OC)CC4)n3)ncn1-2. The molecule has 0 bridgehead atoms. The third-order valence-corrected chi connectivity index (χ3v) is 6.08.